The topological polar surface area (TPSA) is 41.4 Å². The molecule has 1 aromatic heterocycles. The van der Waals surface area contributed by atoms with Gasteiger partial charge in [-0.25, -0.2) is 4.68 Å². The van der Waals surface area contributed by atoms with Gasteiger partial charge in [-0.2, -0.15) is 5.10 Å². The number of aromatic nitrogens is 2. The number of benzene rings is 2. The third-order valence-corrected chi connectivity index (χ3v) is 5.21. The van der Waals surface area contributed by atoms with Crippen molar-refractivity contribution in [2.24, 2.45) is 0 Å². The molecule has 3 aromatic rings. The Morgan fingerprint density at radius 2 is 1.57 bits per heavy atom. The summed E-state index contributed by atoms with van der Waals surface area (Å²) in [5, 5.41) is 4.77. The van der Waals surface area contributed by atoms with Crippen LogP contribution in [-0.4, -0.2) is 58.2 Å². The first-order valence-corrected chi connectivity index (χ1v) is 9.98. The van der Waals surface area contributed by atoms with Gasteiger partial charge in [0.15, 0.2) is 0 Å². The highest BCUT2D eigenvalue weighted by Gasteiger charge is 2.26. The SMILES string of the molecule is CCCN1CCN(C(=O)c2cn(-c3ccccc3)nc2-c2ccccc2)CC1. The van der Waals surface area contributed by atoms with E-state index in [1.807, 2.05) is 76.4 Å². The van der Waals surface area contributed by atoms with Crippen molar-refractivity contribution in [2.75, 3.05) is 32.7 Å². The van der Waals surface area contributed by atoms with Gasteiger partial charge in [-0.05, 0) is 25.1 Å². The molecule has 28 heavy (non-hydrogen) atoms. The van der Waals surface area contributed by atoms with E-state index < -0.39 is 0 Å². The van der Waals surface area contributed by atoms with E-state index in [-0.39, 0.29) is 5.91 Å². The van der Waals surface area contributed by atoms with Crippen LogP contribution >= 0.6 is 0 Å². The van der Waals surface area contributed by atoms with Crippen LogP contribution in [0, 0.1) is 0 Å². The molecule has 1 saturated heterocycles. The summed E-state index contributed by atoms with van der Waals surface area (Å²) >= 11 is 0. The Hall–Kier alpha value is -2.92. The van der Waals surface area contributed by atoms with Crippen LogP contribution in [-0.2, 0) is 0 Å². The molecule has 0 N–H and O–H groups in total. The molecule has 2 heterocycles. The van der Waals surface area contributed by atoms with Gasteiger partial charge in [0.1, 0.15) is 5.69 Å². The van der Waals surface area contributed by atoms with Crippen LogP contribution in [0.15, 0.2) is 66.9 Å². The highest BCUT2D eigenvalue weighted by atomic mass is 16.2. The van der Waals surface area contributed by atoms with Crippen molar-refractivity contribution < 1.29 is 4.79 Å². The zero-order chi connectivity index (χ0) is 19.3. The Labute approximate surface area is 166 Å². The lowest BCUT2D eigenvalue weighted by Gasteiger charge is -2.34. The fourth-order valence-corrected chi connectivity index (χ4v) is 3.71. The van der Waals surface area contributed by atoms with Crippen LogP contribution in [0.3, 0.4) is 0 Å². The summed E-state index contributed by atoms with van der Waals surface area (Å²) in [6.45, 7) is 6.71. The minimum Gasteiger partial charge on any atom is -0.336 e. The molecular weight excluding hydrogens is 348 g/mol. The molecular formula is C23H26N4O. The standard InChI is InChI=1S/C23H26N4O/c1-2-13-25-14-16-26(17-15-25)23(28)21-18-27(20-11-7-4-8-12-20)24-22(21)19-9-5-3-6-10-19/h3-12,18H,2,13-17H2,1H3. The molecule has 2 aromatic carbocycles. The van der Waals surface area contributed by atoms with Crippen molar-refractivity contribution in [3.63, 3.8) is 0 Å². The van der Waals surface area contributed by atoms with Crippen LogP contribution in [0.25, 0.3) is 16.9 Å². The van der Waals surface area contributed by atoms with Crippen LogP contribution in [0.1, 0.15) is 23.7 Å². The largest absolute Gasteiger partial charge is 0.336 e. The fourth-order valence-electron chi connectivity index (χ4n) is 3.71. The predicted molar refractivity (Wildman–Crippen MR) is 112 cm³/mol. The molecule has 5 nitrogen and oxygen atoms in total. The molecule has 0 unspecified atom stereocenters. The summed E-state index contributed by atoms with van der Waals surface area (Å²) in [6.07, 6.45) is 3.02. The van der Waals surface area contributed by atoms with Crippen LogP contribution in [0.4, 0.5) is 0 Å². The first kappa shape index (κ1) is 18.4. The van der Waals surface area contributed by atoms with Crippen molar-refractivity contribution in [3.05, 3.63) is 72.4 Å². The van der Waals surface area contributed by atoms with E-state index in [0.717, 1.165) is 56.1 Å². The van der Waals surface area contributed by atoms with Crippen LogP contribution in [0.2, 0.25) is 0 Å². The molecule has 1 fully saturated rings. The normalized spacial score (nSPS) is 15.0. The monoisotopic (exact) mass is 374 g/mol. The van der Waals surface area contributed by atoms with Gasteiger partial charge in [0.25, 0.3) is 5.91 Å². The predicted octanol–water partition coefficient (Wildman–Crippen LogP) is 3.71. The second-order valence-corrected chi connectivity index (χ2v) is 7.17. The summed E-state index contributed by atoms with van der Waals surface area (Å²) in [4.78, 5) is 17.7. The Bertz CT molecular complexity index is 912. The molecule has 0 saturated carbocycles. The number of hydrogen-bond acceptors (Lipinski definition) is 3. The van der Waals surface area contributed by atoms with E-state index in [2.05, 4.69) is 11.8 Å². The Morgan fingerprint density at radius 1 is 0.929 bits per heavy atom. The van der Waals surface area contributed by atoms with Crippen molar-refractivity contribution in [3.8, 4) is 16.9 Å². The maximum absolute atomic E-state index is 13.4. The molecule has 0 aliphatic carbocycles. The van der Waals surface area contributed by atoms with Gasteiger partial charge in [0.2, 0.25) is 0 Å². The second kappa shape index (κ2) is 8.40. The lowest BCUT2D eigenvalue weighted by atomic mass is 10.1. The lowest BCUT2D eigenvalue weighted by molar-refractivity contribution is 0.0638. The molecule has 0 bridgehead atoms. The Balaban J connectivity index is 1.65. The maximum atomic E-state index is 13.4. The van der Waals surface area contributed by atoms with Gasteiger partial charge in [-0.1, -0.05) is 55.5 Å². The highest BCUT2D eigenvalue weighted by Crippen LogP contribution is 2.25. The smallest absolute Gasteiger partial charge is 0.257 e. The number of carbonyl (C=O) groups is 1. The molecule has 1 amide bonds. The summed E-state index contributed by atoms with van der Waals surface area (Å²) in [5.41, 5.74) is 3.32. The maximum Gasteiger partial charge on any atom is 0.257 e. The van der Waals surface area contributed by atoms with Crippen molar-refractivity contribution in [1.29, 1.82) is 0 Å². The first-order valence-electron chi connectivity index (χ1n) is 9.98. The third kappa shape index (κ3) is 3.85. The number of hydrogen-bond donors (Lipinski definition) is 0. The number of carbonyl (C=O) groups excluding carboxylic acids is 1. The zero-order valence-corrected chi connectivity index (χ0v) is 16.3. The molecule has 5 heteroatoms. The quantitative estimate of drug-likeness (QED) is 0.684. The van der Waals surface area contributed by atoms with Gasteiger partial charge >= 0.3 is 0 Å². The van der Waals surface area contributed by atoms with E-state index in [0.29, 0.717) is 5.56 Å². The summed E-state index contributed by atoms with van der Waals surface area (Å²) in [7, 11) is 0. The first-order chi connectivity index (χ1) is 13.8. The summed E-state index contributed by atoms with van der Waals surface area (Å²) in [6, 6.07) is 19.9. The zero-order valence-electron chi connectivity index (χ0n) is 16.3. The minimum atomic E-state index is 0.0668. The van der Waals surface area contributed by atoms with Gasteiger partial charge in [0, 0.05) is 37.9 Å². The van der Waals surface area contributed by atoms with Crippen LogP contribution < -0.4 is 0 Å². The average Bonchev–Trinajstić information content (AvgIpc) is 3.21. The molecule has 0 radical (unpaired) electrons. The highest BCUT2D eigenvalue weighted by molar-refractivity contribution is 6.00. The Kier molecular flexibility index (Phi) is 5.53. The van der Waals surface area contributed by atoms with Crippen molar-refractivity contribution in [1.82, 2.24) is 19.6 Å². The van der Waals surface area contributed by atoms with E-state index in [9.17, 15) is 4.79 Å². The Morgan fingerprint density at radius 3 is 2.21 bits per heavy atom. The number of para-hydroxylation sites is 1. The van der Waals surface area contributed by atoms with E-state index >= 15 is 0 Å². The van der Waals surface area contributed by atoms with Gasteiger partial charge < -0.3 is 4.90 Å². The molecule has 144 valence electrons. The van der Waals surface area contributed by atoms with Crippen molar-refractivity contribution >= 4 is 5.91 Å². The van der Waals surface area contributed by atoms with Gasteiger partial charge in [-0.15, -0.1) is 0 Å². The minimum absolute atomic E-state index is 0.0668. The van der Waals surface area contributed by atoms with Gasteiger partial charge in [0.05, 0.1) is 11.3 Å². The van der Waals surface area contributed by atoms with E-state index in [4.69, 9.17) is 5.10 Å². The molecule has 4 rings (SSSR count). The third-order valence-electron chi connectivity index (χ3n) is 5.21. The summed E-state index contributed by atoms with van der Waals surface area (Å²) in [5.74, 6) is 0.0668. The van der Waals surface area contributed by atoms with E-state index in [1.165, 1.54) is 0 Å². The molecule has 1 aliphatic rings. The van der Waals surface area contributed by atoms with E-state index in [1.54, 1.807) is 0 Å². The number of rotatable bonds is 5. The summed E-state index contributed by atoms with van der Waals surface area (Å²) < 4.78 is 1.81. The molecule has 0 atom stereocenters. The lowest BCUT2D eigenvalue weighted by Crippen LogP contribution is -2.48. The van der Waals surface area contributed by atoms with Crippen molar-refractivity contribution in [2.45, 2.75) is 13.3 Å². The van der Waals surface area contributed by atoms with Crippen LogP contribution in [0.5, 0.6) is 0 Å². The fraction of sp³-hybridized carbons (Fsp3) is 0.304. The number of piperazine rings is 1. The molecule has 1 aliphatic heterocycles. The van der Waals surface area contributed by atoms with Gasteiger partial charge in [-0.3, -0.25) is 9.69 Å². The second-order valence-electron chi connectivity index (χ2n) is 7.17. The number of amides is 1. The molecule has 0 spiro atoms. The average molecular weight is 374 g/mol. The number of nitrogens with zero attached hydrogens (tertiary/aromatic N) is 4.